The van der Waals surface area contributed by atoms with Gasteiger partial charge in [0.15, 0.2) is 0 Å². The van der Waals surface area contributed by atoms with E-state index in [1.165, 1.54) is 0 Å². The van der Waals surface area contributed by atoms with E-state index in [4.69, 9.17) is 4.74 Å². The Hall–Kier alpha value is -2.67. The second-order valence-corrected chi connectivity index (χ2v) is 6.40. The number of hydrogen-bond acceptors (Lipinski definition) is 4. The standard InChI is InChI=1S/C18H20N4O3/c1-11(17(23)19-9-12-5-4-8-25-12)22-15-7-3-2-6-13(15)14-10-20-21-18(24)16(14)22/h2-3,6-7,10-12H,4-5,8-9H2,1H3,(H,19,23)(H,21,24). The molecule has 0 saturated carbocycles. The predicted octanol–water partition coefficient (Wildman–Crippen LogP) is 1.73. The first-order valence-electron chi connectivity index (χ1n) is 8.52. The molecular weight excluding hydrogens is 320 g/mol. The van der Waals surface area contributed by atoms with E-state index in [-0.39, 0.29) is 17.6 Å². The monoisotopic (exact) mass is 340 g/mol. The summed E-state index contributed by atoms with van der Waals surface area (Å²) in [6, 6.07) is 7.14. The highest BCUT2D eigenvalue weighted by Gasteiger charge is 2.24. The molecule has 7 heteroatoms. The summed E-state index contributed by atoms with van der Waals surface area (Å²) in [6.07, 6.45) is 3.72. The zero-order chi connectivity index (χ0) is 17.4. The minimum Gasteiger partial charge on any atom is -0.376 e. The molecule has 1 aromatic carbocycles. The van der Waals surface area contributed by atoms with Gasteiger partial charge in [-0.3, -0.25) is 9.59 Å². The number of para-hydroxylation sites is 1. The van der Waals surface area contributed by atoms with Crippen molar-refractivity contribution in [2.45, 2.75) is 31.9 Å². The molecule has 0 bridgehead atoms. The van der Waals surface area contributed by atoms with Gasteiger partial charge in [0.1, 0.15) is 11.6 Å². The normalized spacial score (nSPS) is 18.7. The van der Waals surface area contributed by atoms with Crippen LogP contribution in [0, 0.1) is 0 Å². The number of aromatic nitrogens is 3. The van der Waals surface area contributed by atoms with Crippen LogP contribution in [0.4, 0.5) is 0 Å². The van der Waals surface area contributed by atoms with Crippen molar-refractivity contribution in [3.63, 3.8) is 0 Å². The minimum atomic E-state index is -0.521. The maximum absolute atomic E-state index is 12.7. The first-order valence-corrected chi connectivity index (χ1v) is 8.52. The summed E-state index contributed by atoms with van der Waals surface area (Å²) in [5, 5.41) is 11.0. The molecule has 25 heavy (non-hydrogen) atoms. The van der Waals surface area contributed by atoms with Crippen molar-refractivity contribution >= 4 is 27.7 Å². The molecule has 2 N–H and O–H groups in total. The average molecular weight is 340 g/mol. The van der Waals surface area contributed by atoms with Gasteiger partial charge < -0.3 is 14.6 Å². The van der Waals surface area contributed by atoms with Gasteiger partial charge in [0.05, 0.1) is 17.8 Å². The molecule has 1 saturated heterocycles. The van der Waals surface area contributed by atoms with E-state index < -0.39 is 6.04 Å². The SMILES string of the molecule is CC(C(=O)NCC1CCCO1)n1c2ccccc2c2cn[nH]c(=O)c21. The summed E-state index contributed by atoms with van der Waals surface area (Å²) >= 11 is 0. The van der Waals surface area contributed by atoms with E-state index in [2.05, 4.69) is 15.5 Å². The molecule has 0 spiro atoms. The summed E-state index contributed by atoms with van der Waals surface area (Å²) < 4.78 is 7.34. The van der Waals surface area contributed by atoms with E-state index in [1.807, 2.05) is 24.3 Å². The Labute approximate surface area is 144 Å². The second kappa shape index (κ2) is 6.33. The third-order valence-corrected chi connectivity index (χ3v) is 4.82. The summed E-state index contributed by atoms with van der Waals surface area (Å²) in [7, 11) is 0. The molecule has 2 unspecified atom stereocenters. The van der Waals surface area contributed by atoms with E-state index in [0.717, 1.165) is 35.7 Å². The van der Waals surface area contributed by atoms with Crippen LogP contribution >= 0.6 is 0 Å². The number of aromatic amines is 1. The molecule has 3 heterocycles. The summed E-state index contributed by atoms with van der Waals surface area (Å²) in [6.45, 7) is 3.06. The smallest absolute Gasteiger partial charge is 0.288 e. The molecule has 1 fully saturated rings. The van der Waals surface area contributed by atoms with Gasteiger partial charge in [0, 0.05) is 23.9 Å². The number of ether oxygens (including phenoxy) is 1. The number of fused-ring (bicyclic) bond motifs is 3. The van der Waals surface area contributed by atoms with Crippen molar-refractivity contribution in [3.8, 4) is 0 Å². The Balaban J connectivity index is 1.73. The number of benzene rings is 1. The number of nitrogens with one attached hydrogen (secondary N) is 2. The fourth-order valence-corrected chi connectivity index (χ4v) is 3.55. The number of H-pyrrole nitrogens is 1. The van der Waals surface area contributed by atoms with Crippen molar-refractivity contribution in [3.05, 3.63) is 40.8 Å². The molecule has 4 rings (SSSR count). The van der Waals surface area contributed by atoms with Crippen molar-refractivity contribution in [1.29, 1.82) is 0 Å². The van der Waals surface area contributed by atoms with Gasteiger partial charge in [-0.15, -0.1) is 0 Å². The molecule has 7 nitrogen and oxygen atoms in total. The molecule has 130 valence electrons. The number of hydrogen-bond donors (Lipinski definition) is 2. The van der Waals surface area contributed by atoms with Gasteiger partial charge in [-0.1, -0.05) is 18.2 Å². The van der Waals surface area contributed by atoms with E-state index >= 15 is 0 Å². The maximum Gasteiger partial charge on any atom is 0.288 e. The summed E-state index contributed by atoms with van der Waals surface area (Å²) in [5.41, 5.74) is 1.01. The first-order chi connectivity index (χ1) is 12.2. The maximum atomic E-state index is 12.7. The summed E-state index contributed by atoms with van der Waals surface area (Å²) in [4.78, 5) is 25.1. The fraction of sp³-hybridized carbons (Fsp3) is 0.389. The van der Waals surface area contributed by atoms with Gasteiger partial charge >= 0.3 is 0 Å². The second-order valence-electron chi connectivity index (χ2n) is 6.40. The number of carbonyl (C=O) groups is 1. The Morgan fingerprint density at radius 2 is 2.28 bits per heavy atom. The fourth-order valence-electron chi connectivity index (χ4n) is 3.55. The van der Waals surface area contributed by atoms with Gasteiger partial charge in [-0.05, 0) is 25.8 Å². The molecule has 1 amide bonds. The lowest BCUT2D eigenvalue weighted by atomic mass is 10.2. The molecule has 2 aromatic heterocycles. The van der Waals surface area contributed by atoms with Gasteiger partial charge in [0.2, 0.25) is 5.91 Å². The van der Waals surface area contributed by atoms with Crippen molar-refractivity contribution < 1.29 is 9.53 Å². The highest BCUT2D eigenvalue weighted by atomic mass is 16.5. The molecule has 1 aliphatic heterocycles. The average Bonchev–Trinajstić information content (AvgIpc) is 3.26. The van der Waals surface area contributed by atoms with Crippen LogP contribution in [0.5, 0.6) is 0 Å². The molecular formula is C18H20N4O3. The topological polar surface area (TPSA) is 89.0 Å². The van der Waals surface area contributed by atoms with Gasteiger partial charge in [-0.25, -0.2) is 5.10 Å². The van der Waals surface area contributed by atoms with Crippen LogP contribution in [0.25, 0.3) is 21.8 Å². The highest BCUT2D eigenvalue weighted by Crippen LogP contribution is 2.29. The molecule has 0 aliphatic carbocycles. The van der Waals surface area contributed by atoms with Crippen molar-refractivity contribution in [2.24, 2.45) is 0 Å². The van der Waals surface area contributed by atoms with Crippen LogP contribution in [0.1, 0.15) is 25.8 Å². The van der Waals surface area contributed by atoms with E-state index in [9.17, 15) is 9.59 Å². The Morgan fingerprint density at radius 1 is 1.44 bits per heavy atom. The van der Waals surface area contributed by atoms with Crippen LogP contribution in [0.2, 0.25) is 0 Å². The first kappa shape index (κ1) is 15.8. The third-order valence-electron chi connectivity index (χ3n) is 4.82. The zero-order valence-corrected chi connectivity index (χ0v) is 14.0. The Bertz CT molecular complexity index is 985. The van der Waals surface area contributed by atoms with E-state index in [1.54, 1.807) is 17.7 Å². The highest BCUT2D eigenvalue weighted by molar-refractivity contribution is 6.08. The lowest BCUT2D eigenvalue weighted by Gasteiger charge is -2.18. The van der Waals surface area contributed by atoms with Gasteiger partial charge in [-0.2, -0.15) is 5.10 Å². The Kier molecular flexibility index (Phi) is 4.01. The van der Waals surface area contributed by atoms with Crippen LogP contribution in [0.3, 0.4) is 0 Å². The van der Waals surface area contributed by atoms with E-state index in [0.29, 0.717) is 12.1 Å². The summed E-state index contributed by atoms with van der Waals surface area (Å²) in [5.74, 6) is -0.130. The van der Waals surface area contributed by atoms with Gasteiger partial charge in [0.25, 0.3) is 5.56 Å². The zero-order valence-electron chi connectivity index (χ0n) is 14.0. The van der Waals surface area contributed by atoms with Crippen LogP contribution in [0.15, 0.2) is 35.3 Å². The quantitative estimate of drug-likeness (QED) is 0.757. The molecule has 1 aliphatic rings. The minimum absolute atomic E-state index is 0.0851. The van der Waals surface area contributed by atoms with Crippen LogP contribution < -0.4 is 10.9 Å². The molecule has 3 aromatic rings. The number of rotatable bonds is 4. The number of amides is 1. The van der Waals surface area contributed by atoms with Crippen molar-refractivity contribution in [1.82, 2.24) is 20.1 Å². The molecule has 2 atom stereocenters. The number of nitrogens with zero attached hydrogens (tertiary/aromatic N) is 2. The third kappa shape index (κ3) is 2.70. The van der Waals surface area contributed by atoms with Crippen LogP contribution in [-0.4, -0.2) is 39.9 Å². The number of carbonyl (C=O) groups excluding carboxylic acids is 1. The lowest BCUT2D eigenvalue weighted by molar-refractivity contribution is -0.124. The Morgan fingerprint density at radius 3 is 3.08 bits per heavy atom. The lowest BCUT2D eigenvalue weighted by Crippen LogP contribution is -2.36. The largest absolute Gasteiger partial charge is 0.376 e. The van der Waals surface area contributed by atoms with Crippen molar-refractivity contribution in [2.75, 3.05) is 13.2 Å². The molecule has 0 radical (unpaired) electrons. The van der Waals surface area contributed by atoms with Crippen LogP contribution in [-0.2, 0) is 9.53 Å². The predicted molar refractivity (Wildman–Crippen MR) is 94.6 cm³/mol.